The van der Waals surface area contributed by atoms with E-state index in [4.69, 9.17) is 14.2 Å². The molecule has 0 unspecified atom stereocenters. The van der Waals surface area contributed by atoms with Crippen molar-refractivity contribution in [2.75, 3.05) is 13.2 Å². The minimum atomic E-state index is -0.275. The molecule has 0 saturated heterocycles. The van der Waals surface area contributed by atoms with E-state index < -0.39 is 0 Å². The van der Waals surface area contributed by atoms with Gasteiger partial charge in [0.1, 0.15) is 17.6 Å². The van der Waals surface area contributed by atoms with Gasteiger partial charge >= 0.3 is 5.97 Å². The Balaban J connectivity index is 2.00. The van der Waals surface area contributed by atoms with Crippen molar-refractivity contribution in [2.45, 2.75) is 64.9 Å². The average molecular weight is 346 g/mol. The third kappa shape index (κ3) is 7.20. The van der Waals surface area contributed by atoms with E-state index in [1.54, 1.807) is 6.08 Å². The maximum absolute atomic E-state index is 12.0. The average Bonchev–Trinajstić information content (AvgIpc) is 2.64. The third-order valence-electron chi connectivity index (χ3n) is 4.09. The Morgan fingerprint density at radius 1 is 1.00 bits per heavy atom. The van der Waals surface area contributed by atoms with E-state index in [9.17, 15) is 4.79 Å². The normalized spacial score (nSPS) is 15.3. The monoisotopic (exact) mass is 346 g/mol. The molecule has 0 spiro atoms. The molecule has 0 aliphatic heterocycles. The summed E-state index contributed by atoms with van der Waals surface area (Å²) in [4.78, 5) is 12.0. The lowest BCUT2D eigenvalue weighted by atomic mass is 9.98. The van der Waals surface area contributed by atoms with Crippen molar-refractivity contribution in [1.29, 1.82) is 0 Å². The van der Waals surface area contributed by atoms with Crippen LogP contribution in [0.2, 0.25) is 0 Å². The van der Waals surface area contributed by atoms with Crippen LogP contribution < -0.4 is 9.47 Å². The number of benzene rings is 1. The molecule has 1 aliphatic carbocycles. The fourth-order valence-corrected chi connectivity index (χ4v) is 2.85. The largest absolute Gasteiger partial charge is 0.493 e. The number of esters is 1. The zero-order valence-corrected chi connectivity index (χ0v) is 15.5. The molecule has 1 fully saturated rings. The summed E-state index contributed by atoms with van der Waals surface area (Å²) in [6.07, 6.45) is 10.7. The molecule has 0 atom stereocenters. The van der Waals surface area contributed by atoms with Crippen LogP contribution in [0.25, 0.3) is 6.08 Å². The molecule has 1 saturated carbocycles. The van der Waals surface area contributed by atoms with Crippen LogP contribution in [0.5, 0.6) is 11.5 Å². The van der Waals surface area contributed by atoms with Crippen molar-refractivity contribution in [3.63, 3.8) is 0 Å². The fraction of sp³-hybridized carbons (Fsp3) is 0.571. The lowest BCUT2D eigenvalue weighted by molar-refractivity contribution is -0.144. The van der Waals surface area contributed by atoms with Crippen molar-refractivity contribution in [1.82, 2.24) is 0 Å². The minimum absolute atomic E-state index is 0.0774. The second-order valence-electron chi connectivity index (χ2n) is 6.46. The van der Waals surface area contributed by atoms with Crippen LogP contribution in [0.15, 0.2) is 24.3 Å². The molecule has 25 heavy (non-hydrogen) atoms. The highest BCUT2D eigenvalue weighted by Crippen LogP contribution is 2.25. The number of hydrogen-bond donors (Lipinski definition) is 0. The first kappa shape index (κ1) is 19.4. The van der Waals surface area contributed by atoms with Crippen LogP contribution >= 0.6 is 0 Å². The first-order valence-corrected chi connectivity index (χ1v) is 9.50. The van der Waals surface area contributed by atoms with Crippen LogP contribution in [0.4, 0.5) is 0 Å². The minimum Gasteiger partial charge on any atom is -0.493 e. The standard InChI is InChI=1S/C21H30O4/c1-3-12-23-19-14-17(15-20(16-19)24-13-4-2)10-11-21(22)25-18-8-6-5-7-9-18/h10-11,14-16,18H,3-9,12-13H2,1-2H3. The van der Waals surface area contributed by atoms with Crippen LogP contribution in [-0.2, 0) is 9.53 Å². The van der Waals surface area contributed by atoms with Gasteiger partial charge in [-0.2, -0.15) is 0 Å². The lowest BCUT2D eigenvalue weighted by Gasteiger charge is -2.20. The number of rotatable bonds is 9. The van der Waals surface area contributed by atoms with Gasteiger partial charge in [0, 0.05) is 12.1 Å². The predicted molar refractivity (Wildman–Crippen MR) is 100 cm³/mol. The molecule has 138 valence electrons. The van der Waals surface area contributed by atoms with Gasteiger partial charge < -0.3 is 14.2 Å². The van der Waals surface area contributed by atoms with Crippen LogP contribution in [-0.4, -0.2) is 25.3 Å². The van der Waals surface area contributed by atoms with Gasteiger partial charge in [-0.1, -0.05) is 20.3 Å². The molecule has 0 radical (unpaired) electrons. The van der Waals surface area contributed by atoms with Crippen molar-refractivity contribution in [2.24, 2.45) is 0 Å². The second-order valence-corrected chi connectivity index (χ2v) is 6.46. The lowest BCUT2D eigenvalue weighted by Crippen LogP contribution is -2.19. The zero-order chi connectivity index (χ0) is 17.9. The van der Waals surface area contributed by atoms with Crippen LogP contribution in [0.1, 0.15) is 64.4 Å². The summed E-state index contributed by atoms with van der Waals surface area (Å²) in [5.74, 6) is 1.24. The molecule has 0 amide bonds. The highest BCUT2D eigenvalue weighted by molar-refractivity contribution is 5.87. The van der Waals surface area contributed by atoms with Gasteiger partial charge in [0.2, 0.25) is 0 Å². The molecule has 0 aromatic heterocycles. The van der Waals surface area contributed by atoms with Crippen LogP contribution in [0, 0.1) is 0 Å². The maximum atomic E-state index is 12.0. The highest BCUT2D eigenvalue weighted by Gasteiger charge is 2.16. The molecule has 4 nitrogen and oxygen atoms in total. The molecule has 0 bridgehead atoms. The van der Waals surface area contributed by atoms with Crippen molar-refractivity contribution in [3.8, 4) is 11.5 Å². The zero-order valence-electron chi connectivity index (χ0n) is 15.5. The van der Waals surface area contributed by atoms with E-state index in [2.05, 4.69) is 13.8 Å². The van der Waals surface area contributed by atoms with E-state index in [0.717, 1.165) is 55.6 Å². The predicted octanol–water partition coefficient (Wildman–Crippen LogP) is 5.15. The summed E-state index contributed by atoms with van der Waals surface area (Å²) in [5.41, 5.74) is 0.875. The van der Waals surface area contributed by atoms with Crippen molar-refractivity contribution in [3.05, 3.63) is 29.8 Å². The Labute approximate surface area is 151 Å². The Bertz CT molecular complexity index is 533. The topological polar surface area (TPSA) is 44.8 Å². The van der Waals surface area contributed by atoms with Gasteiger partial charge in [-0.25, -0.2) is 4.79 Å². The fourth-order valence-electron chi connectivity index (χ4n) is 2.85. The summed E-state index contributed by atoms with van der Waals surface area (Å²) in [5, 5.41) is 0. The Morgan fingerprint density at radius 2 is 1.60 bits per heavy atom. The molecule has 4 heteroatoms. The van der Waals surface area contributed by atoms with Crippen LogP contribution in [0.3, 0.4) is 0 Å². The number of ether oxygens (including phenoxy) is 3. The Kier molecular flexibility index (Phi) is 8.36. The molecular weight excluding hydrogens is 316 g/mol. The highest BCUT2D eigenvalue weighted by atomic mass is 16.5. The van der Waals surface area contributed by atoms with Gasteiger partial charge in [0.25, 0.3) is 0 Å². The van der Waals surface area contributed by atoms with Gasteiger partial charge in [0.15, 0.2) is 0 Å². The summed E-state index contributed by atoms with van der Waals surface area (Å²) < 4.78 is 16.9. The molecule has 2 rings (SSSR count). The SMILES string of the molecule is CCCOc1cc(C=CC(=O)OC2CCCCC2)cc(OCCC)c1. The second kappa shape index (κ2) is 10.8. The van der Waals surface area contributed by atoms with Gasteiger partial charge in [-0.15, -0.1) is 0 Å². The van der Waals surface area contributed by atoms with Gasteiger partial charge in [0.05, 0.1) is 13.2 Å². The first-order valence-electron chi connectivity index (χ1n) is 9.50. The Morgan fingerprint density at radius 3 is 2.16 bits per heavy atom. The molecule has 1 aromatic rings. The number of carbonyl (C=O) groups excluding carboxylic acids is 1. The summed E-state index contributed by atoms with van der Waals surface area (Å²) in [7, 11) is 0. The summed E-state index contributed by atoms with van der Waals surface area (Å²) in [6, 6.07) is 5.72. The van der Waals surface area contributed by atoms with E-state index >= 15 is 0 Å². The molecule has 0 heterocycles. The summed E-state index contributed by atoms with van der Waals surface area (Å²) >= 11 is 0. The molecule has 1 aromatic carbocycles. The maximum Gasteiger partial charge on any atom is 0.331 e. The quantitative estimate of drug-likeness (QED) is 0.458. The van der Waals surface area contributed by atoms with Crippen molar-refractivity contribution >= 4 is 12.0 Å². The summed E-state index contributed by atoms with van der Waals surface area (Å²) in [6.45, 7) is 5.45. The van der Waals surface area contributed by atoms with Gasteiger partial charge in [-0.3, -0.25) is 0 Å². The molecular formula is C21H30O4. The Hall–Kier alpha value is -1.97. The van der Waals surface area contributed by atoms with E-state index in [1.807, 2.05) is 18.2 Å². The van der Waals surface area contributed by atoms with Gasteiger partial charge in [-0.05, 0) is 62.3 Å². The van der Waals surface area contributed by atoms with E-state index in [1.165, 1.54) is 12.5 Å². The third-order valence-corrected chi connectivity index (χ3v) is 4.09. The van der Waals surface area contributed by atoms with E-state index in [0.29, 0.717) is 13.2 Å². The van der Waals surface area contributed by atoms with E-state index in [-0.39, 0.29) is 12.1 Å². The molecule has 1 aliphatic rings. The van der Waals surface area contributed by atoms with Crippen molar-refractivity contribution < 1.29 is 19.0 Å². The first-order chi connectivity index (χ1) is 12.2. The number of hydrogen-bond acceptors (Lipinski definition) is 4. The number of carbonyl (C=O) groups is 1. The molecule has 0 N–H and O–H groups in total. The smallest absolute Gasteiger partial charge is 0.331 e.